The van der Waals surface area contributed by atoms with E-state index in [0.29, 0.717) is 19.3 Å². The normalized spacial score (nSPS) is 12.3. The number of rotatable bonds is 59. The quantitative estimate of drug-likeness (QED) is 0.0261. The molecule has 0 aliphatic heterocycles. The van der Waals surface area contributed by atoms with E-state index in [9.17, 15) is 14.4 Å². The molecule has 0 fully saturated rings. The van der Waals surface area contributed by atoms with E-state index in [0.717, 1.165) is 83.5 Å². The summed E-state index contributed by atoms with van der Waals surface area (Å²) in [5.74, 6) is -0.901. The summed E-state index contributed by atoms with van der Waals surface area (Å²) < 4.78 is 16.9. The number of carbonyl (C=O) groups excluding carboxylic acids is 3. The maximum Gasteiger partial charge on any atom is 0.306 e. The molecule has 0 N–H and O–H groups in total. The zero-order valence-corrected chi connectivity index (χ0v) is 48.9. The van der Waals surface area contributed by atoms with Crippen LogP contribution in [0.4, 0.5) is 0 Å². The number of hydrogen-bond acceptors (Lipinski definition) is 6. The Morgan fingerprint density at radius 1 is 0.288 bits per heavy atom. The number of unbranched alkanes of at least 4 members (excludes halogenated alkanes) is 40. The summed E-state index contributed by atoms with van der Waals surface area (Å²) in [6.45, 7) is 6.55. The van der Waals surface area contributed by atoms with Crippen molar-refractivity contribution < 1.29 is 28.6 Å². The van der Waals surface area contributed by atoms with Crippen LogP contribution in [0.25, 0.3) is 0 Å². The lowest BCUT2D eigenvalue weighted by atomic mass is 10.0. The average molecular weight is 1020 g/mol. The molecule has 0 radical (unpaired) electrons. The van der Waals surface area contributed by atoms with Gasteiger partial charge >= 0.3 is 17.9 Å². The van der Waals surface area contributed by atoms with Gasteiger partial charge in [-0.15, -0.1) is 0 Å². The van der Waals surface area contributed by atoms with E-state index in [1.165, 1.54) is 218 Å². The van der Waals surface area contributed by atoms with Gasteiger partial charge in [0.2, 0.25) is 0 Å². The first-order valence-electron chi connectivity index (χ1n) is 32.1. The minimum Gasteiger partial charge on any atom is -0.462 e. The summed E-state index contributed by atoms with van der Waals surface area (Å²) in [5.41, 5.74) is 0. The van der Waals surface area contributed by atoms with Crippen molar-refractivity contribution >= 4 is 17.9 Å². The van der Waals surface area contributed by atoms with Gasteiger partial charge in [0.1, 0.15) is 13.2 Å². The molecule has 426 valence electrons. The van der Waals surface area contributed by atoms with Crippen molar-refractivity contribution in [2.45, 2.75) is 348 Å². The minimum atomic E-state index is -0.787. The lowest BCUT2D eigenvalue weighted by molar-refractivity contribution is -0.167. The van der Waals surface area contributed by atoms with Crippen molar-refractivity contribution in [2.75, 3.05) is 13.2 Å². The van der Waals surface area contributed by atoms with E-state index >= 15 is 0 Å². The number of esters is 3. The molecule has 0 aliphatic carbocycles. The van der Waals surface area contributed by atoms with Gasteiger partial charge < -0.3 is 14.2 Å². The Balaban J connectivity index is 4.33. The molecule has 0 heterocycles. The summed E-state index contributed by atoms with van der Waals surface area (Å²) in [4.78, 5) is 38.3. The second-order valence-corrected chi connectivity index (χ2v) is 21.7. The van der Waals surface area contributed by atoms with E-state index in [-0.39, 0.29) is 31.1 Å². The van der Waals surface area contributed by atoms with Gasteiger partial charge in [0.25, 0.3) is 0 Å². The Morgan fingerprint density at radius 2 is 0.534 bits per heavy atom. The van der Waals surface area contributed by atoms with Gasteiger partial charge in [-0.2, -0.15) is 0 Å². The highest BCUT2D eigenvalue weighted by molar-refractivity contribution is 5.71. The van der Waals surface area contributed by atoms with Gasteiger partial charge in [-0.25, -0.2) is 0 Å². The van der Waals surface area contributed by atoms with Gasteiger partial charge in [0.05, 0.1) is 0 Å². The van der Waals surface area contributed by atoms with E-state index in [4.69, 9.17) is 14.2 Å². The van der Waals surface area contributed by atoms with Crippen molar-refractivity contribution in [1.29, 1.82) is 0 Å². The Bertz CT molecular complexity index is 1270. The summed E-state index contributed by atoms with van der Waals surface area (Å²) >= 11 is 0. The summed E-state index contributed by atoms with van der Waals surface area (Å²) in [6, 6.07) is 0. The fourth-order valence-corrected chi connectivity index (χ4v) is 9.56. The third-order valence-corrected chi connectivity index (χ3v) is 14.3. The number of hydrogen-bond donors (Lipinski definition) is 0. The number of carbonyl (C=O) groups is 3. The second-order valence-electron chi connectivity index (χ2n) is 21.7. The van der Waals surface area contributed by atoms with Crippen LogP contribution in [0.2, 0.25) is 0 Å². The molecule has 0 aliphatic rings. The third kappa shape index (κ3) is 60.1. The van der Waals surface area contributed by atoms with Crippen LogP contribution >= 0.6 is 0 Å². The van der Waals surface area contributed by atoms with E-state index in [1.54, 1.807) is 0 Å². The molecule has 0 aromatic carbocycles. The van der Waals surface area contributed by atoms with Crippen molar-refractivity contribution in [1.82, 2.24) is 0 Å². The summed E-state index contributed by atoms with van der Waals surface area (Å²) in [5, 5.41) is 0. The fourth-order valence-electron chi connectivity index (χ4n) is 9.56. The Labute approximate surface area is 454 Å². The molecule has 0 bridgehead atoms. The van der Waals surface area contributed by atoms with Crippen molar-refractivity contribution in [3.63, 3.8) is 0 Å². The van der Waals surface area contributed by atoms with Gasteiger partial charge in [-0.3, -0.25) is 14.4 Å². The largest absolute Gasteiger partial charge is 0.462 e. The second kappa shape index (κ2) is 61.9. The van der Waals surface area contributed by atoms with Crippen molar-refractivity contribution in [3.05, 3.63) is 48.6 Å². The summed E-state index contributed by atoms with van der Waals surface area (Å²) in [6.07, 6.45) is 77.0. The Kier molecular flexibility index (Phi) is 59.7. The van der Waals surface area contributed by atoms with Crippen LogP contribution in [-0.4, -0.2) is 37.2 Å². The monoisotopic (exact) mass is 1020 g/mol. The molecule has 0 rings (SSSR count). The van der Waals surface area contributed by atoms with Gasteiger partial charge in [-0.05, 0) is 57.8 Å². The molecule has 0 saturated heterocycles. The van der Waals surface area contributed by atoms with Crippen molar-refractivity contribution in [3.8, 4) is 0 Å². The van der Waals surface area contributed by atoms with Crippen LogP contribution in [0.15, 0.2) is 48.6 Å². The van der Waals surface area contributed by atoms with Crippen LogP contribution in [0.1, 0.15) is 342 Å². The van der Waals surface area contributed by atoms with Crippen molar-refractivity contribution in [2.24, 2.45) is 0 Å². The molecule has 73 heavy (non-hydrogen) atoms. The number of ether oxygens (including phenoxy) is 3. The molecule has 0 aromatic rings. The molecular formula is C67H122O6. The molecule has 1 atom stereocenters. The Hall–Kier alpha value is -2.63. The minimum absolute atomic E-state index is 0.0812. The van der Waals surface area contributed by atoms with Crippen LogP contribution in [0.3, 0.4) is 0 Å². The molecule has 0 saturated carbocycles. The van der Waals surface area contributed by atoms with E-state index in [2.05, 4.69) is 69.4 Å². The molecule has 0 aromatic heterocycles. The topological polar surface area (TPSA) is 78.9 Å². The van der Waals surface area contributed by atoms with Crippen LogP contribution in [-0.2, 0) is 28.6 Å². The molecular weight excluding hydrogens is 901 g/mol. The fraction of sp³-hybridized carbons (Fsp3) is 0.836. The highest BCUT2D eigenvalue weighted by Crippen LogP contribution is 2.18. The van der Waals surface area contributed by atoms with Gasteiger partial charge in [0, 0.05) is 19.3 Å². The first-order chi connectivity index (χ1) is 36.0. The van der Waals surface area contributed by atoms with Crippen LogP contribution < -0.4 is 0 Å². The first kappa shape index (κ1) is 70.4. The van der Waals surface area contributed by atoms with Gasteiger partial charge in [0.15, 0.2) is 6.10 Å². The zero-order chi connectivity index (χ0) is 52.9. The van der Waals surface area contributed by atoms with E-state index < -0.39 is 6.10 Å². The summed E-state index contributed by atoms with van der Waals surface area (Å²) in [7, 11) is 0. The predicted molar refractivity (Wildman–Crippen MR) is 316 cm³/mol. The molecule has 6 nitrogen and oxygen atoms in total. The lowest BCUT2D eigenvalue weighted by Crippen LogP contribution is -2.30. The van der Waals surface area contributed by atoms with Gasteiger partial charge in [-0.1, -0.05) is 313 Å². The van der Waals surface area contributed by atoms with Crippen LogP contribution in [0.5, 0.6) is 0 Å². The van der Waals surface area contributed by atoms with Crippen LogP contribution in [0, 0.1) is 0 Å². The number of allylic oxidation sites excluding steroid dienone is 8. The zero-order valence-electron chi connectivity index (χ0n) is 48.9. The lowest BCUT2D eigenvalue weighted by Gasteiger charge is -2.18. The predicted octanol–water partition coefficient (Wildman–Crippen LogP) is 21.8. The van der Waals surface area contributed by atoms with E-state index in [1.807, 2.05) is 0 Å². The molecule has 6 heteroatoms. The maximum atomic E-state index is 12.9. The standard InChI is InChI=1S/C67H122O6/c1-4-7-10-13-16-19-22-25-28-30-32-33-35-36-39-42-45-48-51-54-57-60-66(69)72-63-64(62-71-65(68)59-56-53-50-47-44-41-38-27-24-21-18-15-12-9-6-3)73-67(70)61-58-55-52-49-46-43-40-37-34-31-29-26-23-20-17-14-11-8-5-2/h9,12,18,21,27,38,44,47,64H,4-8,10-11,13-17,19-20,22-26,28-37,39-43,45-46,48-63H2,1-3H3/b12-9-,21-18-,38-27-,47-44-. The average Bonchev–Trinajstić information content (AvgIpc) is 3.39. The first-order valence-corrected chi connectivity index (χ1v) is 32.1. The highest BCUT2D eigenvalue weighted by atomic mass is 16.6. The molecule has 0 spiro atoms. The molecule has 1 unspecified atom stereocenters. The highest BCUT2D eigenvalue weighted by Gasteiger charge is 2.19. The SMILES string of the molecule is CC/C=C\C/C=C\C/C=C\C/C=C\CCCCC(=O)OCC(COC(=O)CCCCCCCCCCCCCCCCCCCCCCC)OC(=O)CCCCCCCCCCCCCCCCCCCCC. The maximum absolute atomic E-state index is 12.9. The third-order valence-electron chi connectivity index (χ3n) is 14.3. The Morgan fingerprint density at radius 3 is 0.836 bits per heavy atom. The molecule has 0 amide bonds. The smallest absolute Gasteiger partial charge is 0.306 e.